The normalized spacial score (nSPS) is 9.95. The first-order valence-electron chi connectivity index (χ1n) is 5.94. The van der Waals surface area contributed by atoms with Crippen molar-refractivity contribution in [2.45, 2.75) is 6.92 Å². The van der Waals surface area contributed by atoms with Crippen LogP contribution in [0, 0.1) is 10.1 Å². The second kappa shape index (κ2) is 5.86. The Kier molecular flexibility index (Phi) is 3.97. The van der Waals surface area contributed by atoms with Gasteiger partial charge in [0.2, 0.25) is 0 Å². The van der Waals surface area contributed by atoms with Gasteiger partial charge in [-0.2, -0.15) is 0 Å². The molecule has 0 aromatic heterocycles. The first-order valence-corrected chi connectivity index (χ1v) is 5.94. The SMILES string of the molecule is CCOc1cc([N+](=O)[O-])ccc1Nc1ccccc1. The van der Waals surface area contributed by atoms with Gasteiger partial charge in [-0.05, 0) is 25.1 Å². The zero-order chi connectivity index (χ0) is 13.7. The molecule has 1 N–H and O–H groups in total. The highest BCUT2D eigenvalue weighted by atomic mass is 16.6. The number of benzene rings is 2. The Morgan fingerprint density at radius 2 is 1.95 bits per heavy atom. The first-order chi connectivity index (χ1) is 9.20. The number of para-hydroxylation sites is 1. The Balaban J connectivity index is 2.31. The fourth-order valence-corrected chi connectivity index (χ4v) is 1.68. The molecule has 0 amide bonds. The Bertz CT molecular complexity index is 570. The van der Waals surface area contributed by atoms with E-state index in [9.17, 15) is 10.1 Å². The summed E-state index contributed by atoms with van der Waals surface area (Å²) in [6, 6.07) is 14.1. The number of nitrogens with zero attached hydrogens (tertiary/aromatic N) is 1. The molecule has 19 heavy (non-hydrogen) atoms. The number of hydrogen-bond donors (Lipinski definition) is 1. The van der Waals surface area contributed by atoms with Crippen LogP contribution in [0.3, 0.4) is 0 Å². The van der Waals surface area contributed by atoms with Gasteiger partial charge in [0, 0.05) is 11.8 Å². The molecule has 5 nitrogen and oxygen atoms in total. The van der Waals surface area contributed by atoms with Crippen LogP contribution in [0.1, 0.15) is 6.92 Å². The zero-order valence-corrected chi connectivity index (χ0v) is 10.5. The molecule has 2 aromatic rings. The molecular weight excluding hydrogens is 244 g/mol. The number of anilines is 2. The van der Waals surface area contributed by atoms with Gasteiger partial charge in [-0.25, -0.2) is 0 Å². The van der Waals surface area contributed by atoms with Crippen LogP contribution in [0.25, 0.3) is 0 Å². The first kappa shape index (κ1) is 12.9. The summed E-state index contributed by atoms with van der Waals surface area (Å²) in [5, 5.41) is 13.9. The number of hydrogen-bond acceptors (Lipinski definition) is 4. The zero-order valence-electron chi connectivity index (χ0n) is 10.5. The molecule has 0 radical (unpaired) electrons. The monoisotopic (exact) mass is 258 g/mol. The fourth-order valence-electron chi connectivity index (χ4n) is 1.68. The van der Waals surface area contributed by atoms with Crippen molar-refractivity contribution < 1.29 is 9.66 Å². The van der Waals surface area contributed by atoms with E-state index in [0.29, 0.717) is 18.0 Å². The Hall–Kier alpha value is -2.56. The van der Waals surface area contributed by atoms with E-state index in [1.807, 2.05) is 37.3 Å². The number of rotatable bonds is 5. The predicted molar refractivity (Wildman–Crippen MR) is 74.0 cm³/mol. The van der Waals surface area contributed by atoms with E-state index in [1.165, 1.54) is 12.1 Å². The van der Waals surface area contributed by atoms with E-state index < -0.39 is 4.92 Å². The molecule has 0 aliphatic carbocycles. The average Bonchev–Trinajstić information content (AvgIpc) is 2.42. The van der Waals surface area contributed by atoms with Gasteiger partial charge < -0.3 is 10.1 Å². The Morgan fingerprint density at radius 1 is 1.21 bits per heavy atom. The largest absolute Gasteiger partial charge is 0.491 e. The summed E-state index contributed by atoms with van der Waals surface area (Å²) in [5.74, 6) is 0.473. The molecule has 0 atom stereocenters. The van der Waals surface area contributed by atoms with Gasteiger partial charge in [0.15, 0.2) is 0 Å². The highest BCUT2D eigenvalue weighted by molar-refractivity contribution is 5.68. The molecule has 0 spiro atoms. The minimum absolute atomic E-state index is 0.0158. The fraction of sp³-hybridized carbons (Fsp3) is 0.143. The topological polar surface area (TPSA) is 64.4 Å². The second-order valence-corrected chi connectivity index (χ2v) is 3.86. The molecule has 5 heteroatoms. The molecule has 0 aliphatic rings. The van der Waals surface area contributed by atoms with Crippen LogP contribution >= 0.6 is 0 Å². The predicted octanol–water partition coefficient (Wildman–Crippen LogP) is 3.74. The number of non-ortho nitro benzene ring substituents is 1. The molecule has 0 unspecified atom stereocenters. The molecule has 0 saturated carbocycles. The van der Waals surface area contributed by atoms with Crippen molar-refractivity contribution in [1.82, 2.24) is 0 Å². The van der Waals surface area contributed by atoms with Gasteiger partial charge in [0.25, 0.3) is 5.69 Å². The molecule has 2 rings (SSSR count). The second-order valence-electron chi connectivity index (χ2n) is 3.86. The summed E-state index contributed by atoms with van der Waals surface area (Å²) in [5.41, 5.74) is 1.62. The Labute approximate surface area is 111 Å². The molecule has 0 aliphatic heterocycles. The van der Waals surface area contributed by atoms with Crippen molar-refractivity contribution >= 4 is 17.1 Å². The maximum atomic E-state index is 10.8. The lowest BCUT2D eigenvalue weighted by Gasteiger charge is -2.12. The van der Waals surface area contributed by atoms with Crippen LogP contribution in [0.2, 0.25) is 0 Å². The van der Waals surface area contributed by atoms with E-state index in [1.54, 1.807) is 6.07 Å². The molecule has 0 saturated heterocycles. The molecule has 98 valence electrons. The number of nitro groups is 1. The minimum Gasteiger partial charge on any atom is -0.491 e. The van der Waals surface area contributed by atoms with Crippen molar-refractivity contribution in [1.29, 1.82) is 0 Å². The summed E-state index contributed by atoms with van der Waals surface area (Å²) in [4.78, 5) is 10.3. The third-order valence-corrected chi connectivity index (χ3v) is 2.53. The lowest BCUT2D eigenvalue weighted by Crippen LogP contribution is -1.99. The van der Waals surface area contributed by atoms with Gasteiger partial charge in [0.05, 0.1) is 23.3 Å². The number of nitrogens with one attached hydrogen (secondary N) is 1. The number of ether oxygens (including phenoxy) is 1. The highest BCUT2D eigenvalue weighted by Crippen LogP contribution is 2.31. The van der Waals surface area contributed by atoms with Gasteiger partial charge in [-0.15, -0.1) is 0 Å². The van der Waals surface area contributed by atoms with Crippen LogP contribution in [-0.2, 0) is 0 Å². The van der Waals surface area contributed by atoms with Crippen molar-refractivity contribution in [2.75, 3.05) is 11.9 Å². The summed E-state index contributed by atoms with van der Waals surface area (Å²) in [7, 11) is 0. The van der Waals surface area contributed by atoms with Crippen LogP contribution < -0.4 is 10.1 Å². The van der Waals surface area contributed by atoms with Crippen LogP contribution in [0.5, 0.6) is 5.75 Å². The molecule has 0 bridgehead atoms. The van der Waals surface area contributed by atoms with E-state index in [-0.39, 0.29) is 5.69 Å². The maximum Gasteiger partial charge on any atom is 0.273 e. The minimum atomic E-state index is -0.436. The third kappa shape index (κ3) is 3.22. The Morgan fingerprint density at radius 3 is 2.58 bits per heavy atom. The van der Waals surface area contributed by atoms with Gasteiger partial charge >= 0.3 is 0 Å². The van der Waals surface area contributed by atoms with Crippen molar-refractivity contribution in [3.63, 3.8) is 0 Å². The average molecular weight is 258 g/mol. The highest BCUT2D eigenvalue weighted by Gasteiger charge is 2.11. The maximum absolute atomic E-state index is 10.8. The van der Waals surface area contributed by atoms with E-state index in [2.05, 4.69) is 5.32 Å². The van der Waals surface area contributed by atoms with E-state index in [4.69, 9.17) is 4.74 Å². The standard InChI is InChI=1S/C14H14N2O3/c1-2-19-14-10-12(16(17)18)8-9-13(14)15-11-6-4-3-5-7-11/h3-10,15H,2H2,1H3. The van der Waals surface area contributed by atoms with Gasteiger partial charge in [0.1, 0.15) is 5.75 Å². The molecule has 0 fully saturated rings. The summed E-state index contributed by atoms with van der Waals surface area (Å²) in [6.45, 7) is 2.29. The molecular formula is C14H14N2O3. The van der Waals surface area contributed by atoms with Crippen LogP contribution in [0.4, 0.5) is 17.1 Å². The van der Waals surface area contributed by atoms with Gasteiger partial charge in [-0.3, -0.25) is 10.1 Å². The third-order valence-electron chi connectivity index (χ3n) is 2.53. The van der Waals surface area contributed by atoms with Crippen molar-refractivity contribution in [3.8, 4) is 5.75 Å². The summed E-state index contributed by atoms with van der Waals surface area (Å²) >= 11 is 0. The number of nitro benzene ring substituents is 1. The van der Waals surface area contributed by atoms with Gasteiger partial charge in [-0.1, -0.05) is 18.2 Å². The smallest absolute Gasteiger partial charge is 0.273 e. The lowest BCUT2D eigenvalue weighted by atomic mass is 10.2. The van der Waals surface area contributed by atoms with Crippen molar-refractivity contribution in [3.05, 3.63) is 58.6 Å². The van der Waals surface area contributed by atoms with Crippen LogP contribution in [-0.4, -0.2) is 11.5 Å². The molecule has 0 heterocycles. The quantitative estimate of drug-likeness (QED) is 0.655. The molecule has 2 aromatic carbocycles. The van der Waals surface area contributed by atoms with E-state index >= 15 is 0 Å². The summed E-state index contributed by atoms with van der Waals surface area (Å²) < 4.78 is 5.43. The van der Waals surface area contributed by atoms with E-state index in [0.717, 1.165) is 5.69 Å². The lowest BCUT2D eigenvalue weighted by molar-refractivity contribution is -0.384. The van der Waals surface area contributed by atoms with Crippen LogP contribution in [0.15, 0.2) is 48.5 Å². The van der Waals surface area contributed by atoms with Crippen molar-refractivity contribution in [2.24, 2.45) is 0 Å². The summed E-state index contributed by atoms with van der Waals surface area (Å²) in [6.07, 6.45) is 0.